The molecule has 1 heterocycles. The summed E-state index contributed by atoms with van der Waals surface area (Å²) < 4.78 is 5.48. The van der Waals surface area contributed by atoms with Crippen molar-refractivity contribution in [3.63, 3.8) is 0 Å². The predicted octanol–water partition coefficient (Wildman–Crippen LogP) is 2.39. The Morgan fingerprint density at radius 1 is 1.29 bits per heavy atom. The molecule has 2 aliphatic rings. The van der Waals surface area contributed by atoms with Gasteiger partial charge in [0.1, 0.15) is 0 Å². The minimum Gasteiger partial charge on any atom is -0.376 e. The second-order valence-electron chi connectivity index (χ2n) is 6.13. The number of hydrogen-bond acceptors (Lipinski definition) is 2. The predicted molar refractivity (Wildman–Crippen MR) is 68.9 cm³/mol. The fraction of sp³-hybridized carbons (Fsp3) is 0.600. The molecule has 1 aromatic carbocycles. The van der Waals surface area contributed by atoms with E-state index >= 15 is 0 Å². The molecule has 2 heteroatoms. The summed E-state index contributed by atoms with van der Waals surface area (Å²) in [6, 6.07) is 6.87. The van der Waals surface area contributed by atoms with Gasteiger partial charge in [0.2, 0.25) is 0 Å². The molecule has 1 atom stereocenters. The van der Waals surface area contributed by atoms with Gasteiger partial charge in [-0.3, -0.25) is 0 Å². The van der Waals surface area contributed by atoms with Crippen LogP contribution in [-0.2, 0) is 23.2 Å². The first-order valence-electron chi connectivity index (χ1n) is 6.49. The van der Waals surface area contributed by atoms with E-state index in [1.54, 1.807) is 0 Å². The second kappa shape index (κ2) is 3.56. The molecule has 17 heavy (non-hydrogen) atoms. The Morgan fingerprint density at radius 2 is 2.06 bits per heavy atom. The Hall–Kier alpha value is -0.860. The number of fused-ring (bicyclic) bond motifs is 1. The Balaban J connectivity index is 2.00. The van der Waals surface area contributed by atoms with Crippen LogP contribution in [0, 0.1) is 5.41 Å². The monoisotopic (exact) mass is 231 g/mol. The third kappa shape index (κ3) is 1.54. The molecule has 1 saturated carbocycles. The van der Waals surface area contributed by atoms with E-state index in [0.29, 0.717) is 5.41 Å². The maximum Gasteiger partial charge on any atom is 0.0719 e. The van der Waals surface area contributed by atoms with Crippen molar-refractivity contribution in [1.82, 2.24) is 0 Å². The molecule has 1 aromatic rings. The van der Waals surface area contributed by atoms with Crippen molar-refractivity contribution in [3.05, 3.63) is 34.9 Å². The summed E-state index contributed by atoms with van der Waals surface area (Å²) in [7, 11) is 0. The van der Waals surface area contributed by atoms with E-state index in [2.05, 4.69) is 32.0 Å². The van der Waals surface area contributed by atoms with Gasteiger partial charge < -0.3 is 10.5 Å². The quantitative estimate of drug-likeness (QED) is 0.848. The maximum absolute atomic E-state index is 6.03. The Labute approximate surface area is 103 Å². The molecule has 0 spiro atoms. The fourth-order valence-corrected chi connectivity index (χ4v) is 3.33. The highest BCUT2D eigenvalue weighted by molar-refractivity contribution is 5.43. The van der Waals surface area contributed by atoms with Crippen LogP contribution in [0.1, 0.15) is 37.0 Å². The van der Waals surface area contributed by atoms with Crippen LogP contribution in [0.25, 0.3) is 0 Å². The third-order valence-corrected chi connectivity index (χ3v) is 4.79. The molecule has 1 unspecified atom stereocenters. The molecule has 0 bridgehead atoms. The fourth-order valence-electron chi connectivity index (χ4n) is 3.33. The topological polar surface area (TPSA) is 35.2 Å². The number of hydrogen-bond donors (Lipinski definition) is 1. The average Bonchev–Trinajstić information content (AvgIpc) is 2.92. The van der Waals surface area contributed by atoms with Gasteiger partial charge in [-0.15, -0.1) is 0 Å². The van der Waals surface area contributed by atoms with E-state index in [4.69, 9.17) is 10.5 Å². The molecule has 3 rings (SSSR count). The zero-order valence-corrected chi connectivity index (χ0v) is 10.8. The lowest BCUT2D eigenvalue weighted by atomic mass is 9.85. The minimum absolute atomic E-state index is 0.223. The van der Waals surface area contributed by atoms with Crippen LogP contribution in [0.4, 0.5) is 0 Å². The normalized spacial score (nSPS) is 29.8. The molecule has 1 fully saturated rings. The van der Waals surface area contributed by atoms with Crippen molar-refractivity contribution in [2.75, 3.05) is 13.2 Å². The summed E-state index contributed by atoms with van der Waals surface area (Å²) in [5, 5.41) is 0. The van der Waals surface area contributed by atoms with Crippen LogP contribution in [0.15, 0.2) is 18.2 Å². The standard InChI is InChI=1S/C15H21NO/c1-14(2)9-15(14,10-16)13-4-3-12-8-17-6-5-11(12)7-13/h3-4,7H,5-6,8-10,16H2,1-2H3. The molecule has 0 aromatic heterocycles. The van der Waals surface area contributed by atoms with Gasteiger partial charge in [-0.25, -0.2) is 0 Å². The van der Waals surface area contributed by atoms with Gasteiger partial charge in [-0.1, -0.05) is 32.0 Å². The summed E-state index contributed by atoms with van der Waals surface area (Å²) in [5.41, 5.74) is 10.9. The molecule has 1 aliphatic carbocycles. The van der Waals surface area contributed by atoms with E-state index in [9.17, 15) is 0 Å². The zero-order chi connectivity index (χ0) is 12.1. The van der Waals surface area contributed by atoms with Gasteiger partial charge in [-0.05, 0) is 34.9 Å². The van der Waals surface area contributed by atoms with E-state index in [0.717, 1.165) is 26.2 Å². The highest BCUT2D eigenvalue weighted by Crippen LogP contribution is 2.63. The highest BCUT2D eigenvalue weighted by atomic mass is 16.5. The van der Waals surface area contributed by atoms with Gasteiger partial charge >= 0.3 is 0 Å². The van der Waals surface area contributed by atoms with Crippen molar-refractivity contribution < 1.29 is 4.74 Å². The van der Waals surface area contributed by atoms with Crippen molar-refractivity contribution in [2.45, 2.75) is 38.7 Å². The summed E-state index contributed by atoms with van der Waals surface area (Å²) in [5.74, 6) is 0. The second-order valence-corrected chi connectivity index (χ2v) is 6.13. The lowest BCUT2D eigenvalue weighted by Gasteiger charge is -2.23. The molecule has 0 radical (unpaired) electrons. The number of rotatable bonds is 2. The maximum atomic E-state index is 6.03. The van der Waals surface area contributed by atoms with Crippen LogP contribution < -0.4 is 5.73 Å². The van der Waals surface area contributed by atoms with Gasteiger partial charge in [0.15, 0.2) is 0 Å². The SMILES string of the molecule is CC1(C)CC1(CN)c1ccc2c(c1)CCOC2. The van der Waals surface area contributed by atoms with Crippen molar-refractivity contribution in [3.8, 4) is 0 Å². The van der Waals surface area contributed by atoms with Crippen molar-refractivity contribution in [2.24, 2.45) is 11.1 Å². The van der Waals surface area contributed by atoms with Crippen LogP contribution in [0.3, 0.4) is 0 Å². The summed E-state index contributed by atoms with van der Waals surface area (Å²) >= 11 is 0. The van der Waals surface area contributed by atoms with Gasteiger partial charge in [-0.2, -0.15) is 0 Å². The first-order chi connectivity index (χ1) is 8.09. The molecule has 2 nitrogen and oxygen atoms in total. The van der Waals surface area contributed by atoms with E-state index < -0.39 is 0 Å². The van der Waals surface area contributed by atoms with Crippen LogP contribution >= 0.6 is 0 Å². The number of ether oxygens (including phenoxy) is 1. The molecule has 2 N–H and O–H groups in total. The lowest BCUT2D eigenvalue weighted by Crippen LogP contribution is -2.26. The highest BCUT2D eigenvalue weighted by Gasteiger charge is 2.60. The van der Waals surface area contributed by atoms with Crippen LogP contribution in [0.2, 0.25) is 0 Å². The Morgan fingerprint density at radius 3 is 2.71 bits per heavy atom. The minimum atomic E-state index is 0.223. The first kappa shape index (κ1) is 11.2. The average molecular weight is 231 g/mol. The van der Waals surface area contributed by atoms with E-state index in [-0.39, 0.29) is 5.41 Å². The first-order valence-corrected chi connectivity index (χ1v) is 6.49. The van der Waals surface area contributed by atoms with Gasteiger partial charge in [0.05, 0.1) is 13.2 Å². The summed E-state index contributed by atoms with van der Waals surface area (Å²) in [6.07, 6.45) is 2.26. The van der Waals surface area contributed by atoms with E-state index in [1.807, 2.05) is 0 Å². The Bertz CT molecular complexity index is 452. The van der Waals surface area contributed by atoms with Crippen molar-refractivity contribution in [1.29, 1.82) is 0 Å². The summed E-state index contributed by atoms with van der Waals surface area (Å²) in [6.45, 7) is 7.03. The van der Waals surface area contributed by atoms with Gasteiger partial charge in [0, 0.05) is 12.0 Å². The van der Waals surface area contributed by atoms with Crippen LogP contribution in [0.5, 0.6) is 0 Å². The third-order valence-electron chi connectivity index (χ3n) is 4.79. The van der Waals surface area contributed by atoms with Crippen molar-refractivity contribution >= 4 is 0 Å². The van der Waals surface area contributed by atoms with Gasteiger partial charge in [0.25, 0.3) is 0 Å². The molecular weight excluding hydrogens is 210 g/mol. The number of benzene rings is 1. The molecule has 1 aliphatic heterocycles. The molecular formula is C15H21NO. The molecule has 92 valence electrons. The summed E-state index contributed by atoms with van der Waals surface area (Å²) in [4.78, 5) is 0. The largest absolute Gasteiger partial charge is 0.376 e. The number of nitrogens with two attached hydrogens (primary N) is 1. The smallest absolute Gasteiger partial charge is 0.0719 e. The Kier molecular flexibility index (Phi) is 2.36. The lowest BCUT2D eigenvalue weighted by molar-refractivity contribution is 0.110. The zero-order valence-electron chi connectivity index (χ0n) is 10.8. The molecule has 0 amide bonds. The molecule has 0 saturated heterocycles. The van der Waals surface area contributed by atoms with Crippen LogP contribution in [-0.4, -0.2) is 13.2 Å². The van der Waals surface area contributed by atoms with E-state index in [1.165, 1.54) is 23.1 Å².